The summed E-state index contributed by atoms with van der Waals surface area (Å²) in [4.78, 5) is 14.4. The van der Waals surface area contributed by atoms with E-state index in [0.717, 1.165) is 38.2 Å². The maximum atomic E-state index is 12.6. The number of benzene rings is 2. The number of piperidine rings is 1. The first-order chi connectivity index (χ1) is 13.3. The zero-order valence-corrected chi connectivity index (χ0v) is 15.9. The molecule has 0 aromatic heterocycles. The second-order valence-corrected chi connectivity index (χ2v) is 6.79. The van der Waals surface area contributed by atoms with Crippen molar-refractivity contribution in [3.63, 3.8) is 0 Å². The lowest BCUT2D eigenvalue weighted by Crippen LogP contribution is -2.41. The van der Waals surface area contributed by atoms with Crippen LogP contribution >= 0.6 is 0 Å². The highest BCUT2D eigenvalue weighted by Crippen LogP contribution is 2.25. The fraction of sp³-hybridized carbons (Fsp3) is 0.409. The number of likely N-dealkylation sites (tertiary alicyclic amines) is 1. The molecule has 5 nitrogen and oxygen atoms in total. The molecule has 2 amide bonds. The largest absolute Gasteiger partial charge is 0.492 e. The lowest BCUT2D eigenvalue weighted by molar-refractivity contribution is 0.0640. The number of nitrogens with one attached hydrogen (secondary N) is 1. The predicted octanol–water partition coefficient (Wildman–Crippen LogP) is 4.55. The van der Waals surface area contributed by atoms with Crippen LogP contribution in [0.5, 0.6) is 5.75 Å². The number of carbonyl (C=O) groups excluding carboxylic acids is 1. The number of rotatable bonds is 7. The van der Waals surface area contributed by atoms with Gasteiger partial charge in [-0.1, -0.05) is 42.5 Å². The molecule has 0 bridgehead atoms. The van der Waals surface area contributed by atoms with Crippen LogP contribution < -0.4 is 10.1 Å². The van der Waals surface area contributed by atoms with Gasteiger partial charge in [-0.25, -0.2) is 4.79 Å². The molecular formula is C22H28N2O3. The first kappa shape index (κ1) is 19.2. The molecule has 0 radical (unpaired) electrons. The van der Waals surface area contributed by atoms with Gasteiger partial charge in [0, 0.05) is 19.7 Å². The molecule has 1 saturated heterocycles. The van der Waals surface area contributed by atoms with Gasteiger partial charge in [0.05, 0.1) is 18.9 Å². The average Bonchev–Trinajstić information content (AvgIpc) is 2.71. The molecule has 1 fully saturated rings. The lowest BCUT2D eigenvalue weighted by atomic mass is 9.98. The molecule has 0 unspecified atom stereocenters. The molecule has 0 spiro atoms. The number of para-hydroxylation sites is 2. The van der Waals surface area contributed by atoms with Crippen LogP contribution in [0.25, 0.3) is 0 Å². The molecule has 2 aromatic rings. The average molecular weight is 368 g/mol. The van der Waals surface area contributed by atoms with Crippen molar-refractivity contribution < 1.29 is 14.3 Å². The first-order valence-electron chi connectivity index (χ1n) is 9.65. The summed E-state index contributed by atoms with van der Waals surface area (Å²) in [5.41, 5.74) is 1.92. The highest BCUT2D eigenvalue weighted by molar-refractivity contribution is 5.91. The Bertz CT molecular complexity index is 713. The summed E-state index contributed by atoms with van der Waals surface area (Å²) in [5, 5.41) is 2.98. The normalized spacial score (nSPS) is 14.8. The minimum Gasteiger partial charge on any atom is -0.492 e. The van der Waals surface area contributed by atoms with E-state index < -0.39 is 0 Å². The predicted molar refractivity (Wildman–Crippen MR) is 107 cm³/mol. The Hall–Kier alpha value is -2.53. The molecule has 0 aliphatic carbocycles. The molecule has 0 atom stereocenters. The van der Waals surface area contributed by atoms with E-state index in [2.05, 4.69) is 17.4 Å². The molecule has 3 rings (SSSR count). The monoisotopic (exact) mass is 368 g/mol. The molecule has 1 aliphatic heterocycles. The Balaban J connectivity index is 1.41. The summed E-state index contributed by atoms with van der Waals surface area (Å²) in [6.07, 6.45) is 1.94. The van der Waals surface area contributed by atoms with Crippen LogP contribution in [-0.2, 0) is 11.3 Å². The van der Waals surface area contributed by atoms with Gasteiger partial charge in [0.1, 0.15) is 5.75 Å². The topological polar surface area (TPSA) is 50.8 Å². The van der Waals surface area contributed by atoms with Crippen LogP contribution in [0.2, 0.25) is 0 Å². The second kappa shape index (κ2) is 9.97. The lowest BCUT2D eigenvalue weighted by Gasteiger charge is -2.32. The number of hydrogen-bond acceptors (Lipinski definition) is 3. The first-order valence-corrected chi connectivity index (χ1v) is 9.65. The summed E-state index contributed by atoms with van der Waals surface area (Å²) < 4.78 is 11.4. The number of ether oxygens (including phenoxy) is 2. The van der Waals surface area contributed by atoms with E-state index in [1.165, 1.54) is 5.56 Å². The van der Waals surface area contributed by atoms with Crippen LogP contribution in [0.3, 0.4) is 0 Å². The second-order valence-electron chi connectivity index (χ2n) is 6.79. The number of amides is 2. The maximum absolute atomic E-state index is 12.6. The smallest absolute Gasteiger partial charge is 0.321 e. The Kier molecular flexibility index (Phi) is 7.11. The van der Waals surface area contributed by atoms with E-state index in [0.29, 0.717) is 24.9 Å². The Morgan fingerprint density at radius 3 is 2.52 bits per heavy atom. The minimum atomic E-state index is -0.0641. The highest BCUT2D eigenvalue weighted by Gasteiger charge is 2.23. The third kappa shape index (κ3) is 5.73. The molecule has 2 aromatic carbocycles. The highest BCUT2D eigenvalue weighted by atomic mass is 16.5. The van der Waals surface area contributed by atoms with Crippen molar-refractivity contribution in [3.05, 3.63) is 60.2 Å². The molecule has 1 aliphatic rings. The van der Waals surface area contributed by atoms with Crippen molar-refractivity contribution in [3.8, 4) is 5.75 Å². The Labute approximate surface area is 161 Å². The van der Waals surface area contributed by atoms with Gasteiger partial charge in [-0.15, -0.1) is 0 Å². The number of anilines is 1. The standard InChI is InChI=1S/C22H28N2O3/c1-2-27-21-11-7-6-10-20(21)23-22(25)24-14-12-19(13-15-24)17-26-16-18-8-4-3-5-9-18/h3-11,19H,2,12-17H2,1H3,(H,23,25). The summed E-state index contributed by atoms with van der Waals surface area (Å²) in [6.45, 7) is 5.40. The van der Waals surface area contributed by atoms with Gasteiger partial charge in [0.2, 0.25) is 0 Å². The van der Waals surface area contributed by atoms with Crippen LogP contribution in [0.4, 0.5) is 10.5 Å². The van der Waals surface area contributed by atoms with Crippen LogP contribution in [-0.4, -0.2) is 37.2 Å². The number of carbonyl (C=O) groups is 1. The molecule has 0 saturated carbocycles. The van der Waals surface area contributed by atoms with Gasteiger partial charge in [-0.05, 0) is 43.4 Å². The van der Waals surface area contributed by atoms with Gasteiger partial charge in [-0.3, -0.25) is 0 Å². The quantitative estimate of drug-likeness (QED) is 0.780. The third-order valence-electron chi connectivity index (χ3n) is 4.80. The number of nitrogens with zero attached hydrogens (tertiary/aromatic N) is 1. The Morgan fingerprint density at radius 1 is 1.07 bits per heavy atom. The van der Waals surface area contributed by atoms with E-state index in [-0.39, 0.29) is 6.03 Å². The fourth-order valence-electron chi connectivity index (χ4n) is 3.27. The van der Waals surface area contributed by atoms with Gasteiger partial charge in [-0.2, -0.15) is 0 Å². The molecule has 1 heterocycles. The molecule has 144 valence electrons. The Morgan fingerprint density at radius 2 is 1.78 bits per heavy atom. The van der Waals surface area contributed by atoms with Crippen LogP contribution in [0, 0.1) is 5.92 Å². The van der Waals surface area contributed by atoms with E-state index in [1.54, 1.807) is 0 Å². The van der Waals surface area contributed by atoms with Crippen molar-refractivity contribution in [2.75, 3.05) is 31.6 Å². The molecule has 5 heteroatoms. The van der Waals surface area contributed by atoms with Crippen molar-refractivity contribution in [2.24, 2.45) is 5.92 Å². The minimum absolute atomic E-state index is 0.0641. The van der Waals surface area contributed by atoms with Gasteiger partial charge < -0.3 is 19.7 Å². The van der Waals surface area contributed by atoms with Crippen molar-refractivity contribution in [2.45, 2.75) is 26.4 Å². The number of urea groups is 1. The summed E-state index contributed by atoms with van der Waals surface area (Å²) in [7, 11) is 0. The maximum Gasteiger partial charge on any atom is 0.321 e. The van der Waals surface area contributed by atoms with E-state index >= 15 is 0 Å². The van der Waals surface area contributed by atoms with Crippen LogP contribution in [0.1, 0.15) is 25.3 Å². The SMILES string of the molecule is CCOc1ccccc1NC(=O)N1CCC(COCc2ccccc2)CC1. The van der Waals surface area contributed by atoms with Crippen LogP contribution in [0.15, 0.2) is 54.6 Å². The third-order valence-corrected chi connectivity index (χ3v) is 4.80. The van der Waals surface area contributed by atoms with Crippen molar-refractivity contribution >= 4 is 11.7 Å². The van der Waals surface area contributed by atoms with E-state index in [9.17, 15) is 4.79 Å². The summed E-state index contributed by atoms with van der Waals surface area (Å²) in [6, 6.07) is 17.7. The molecule has 1 N–H and O–H groups in total. The zero-order chi connectivity index (χ0) is 18.9. The summed E-state index contributed by atoms with van der Waals surface area (Å²) >= 11 is 0. The van der Waals surface area contributed by atoms with Gasteiger partial charge in [0.15, 0.2) is 0 Å². The van der Waals surface area contributed by atoms with E-state index in [1.807, 2.05) is 54.3 Å². The van der Waals surface area contributed by atoms with Gasteiger partial charge in [0.25, 0.3) is 0 Å². The van der Waals surface area contributed by atoms with E-state index in [4.69, 9.17) is 9.47 Å². The van der Waals surface area contributed by atoms with Crippen molar-refractivity contribution in [1.29, 1.82) is 0 Å². The summed E-state index contributed by atoms with van der Waals surface area (Å²) in [5.74, 6) is 1.21. The zero-order valence-electron chi connectivity index (χ0n) is 15.9. The van der Waals surface area contributed by atoms with Crippen molar-refractivity contribution in [1.82, 2.24) is 4.90 Å². The molecule has 27 heavy (non-hydrogen) atoms. The molecular weight excluding hydrogens is 340 g/mol. The van der Waals surface area contributed by atoms with Gasteiger partial charge >= 0.3 is 6.03 Å². The fourth-order valence-corrected chi connectivity index (χ4v) is 3.27. The number of hydrogen-bond donors (Lipinski definition) is 1.